The van der Waals surface area contributed by atoms with Gasteiger partial charge < -0.3 is 15.5 Å². The summed E-state index contributed by atoms with van der Waals surface area (Å²) in [6, 6.07) is 16.9. The largest absolute Gasteiger partial charge is 0.441 e. The van der Waals surface area contributed by atoms with E-state index in [2.05, 4.69) is 15.3 Å². The van der Waals surface area contributed by atoms with Crippen LogP contribution in [0.3, 0.4) is 0 Å². The Labute approximate surface area is 197 Å². The molecular weight excluding hydrogens is 452 g/mol. The summed E-state index contributed by atoms with van der Waals surface area (Å²) < 4.78 is 31.4. The fourth-order valence-electron chi connectivity index (χ4n) is 3.33. The minimum absolute atomic E-state index is 0.204. The first-order chi connectivity index (χ1) is 16.4. The predicted octanol–water partition coefficient (Wildman–Crippen LogP) is 3.41. The molecule has 2 aromatic carbocycles. The summed E-state index contributed by atoms with van der Waals surface area (Å²) in [6.45, 7) is 2.42. The van der Waals surface area contributed by atoms with Crippen LogP contribution >= 0.6 is 0 Å². The molecular formula is C25H24N4O4S. The molecule has 9 heteroatoms. The Morgan fingerprint density at radius 3 is 2.29 bits per heavy atom. The van der Waals surface area contributed by atoms with Gasteiger partial charge in [0.1, 0.15) is 11.5 Å². The quantitative estimate of drug-likeness (QED) is 0.399. The van der Waals surface area contributed by atoms with Crippen molar-refractivity contribution in [3.05, 3.63) is 101 Å². The Morgan fingerprint density at radius 2 is 1.65 bits per heavy atom. The van der Waals surface area contributed by atoms with Crippen molar-refractivity contribution >= 4 is 15.7 Å². The average Bonchev–Trinajstić information content (AvgIpc) is 3.22. The van der Waals surface area contributed by atoms with Crippen molar-refractivity contribution in [1.29, 1.82) is 0 Å². The van der Waals surface area contributed by atoms with Gasteiger partial charge in [0, 0.05) is 36.6 Å². The van der Waals surface area contributed by atoms with Crippen LogP contribution in [0.15, 0.2) is 82.4 Å². The highest BCUT2D eigenvalue weighted by molar-refractivity contribution is 7.90. The molecule has 1 amide bonds. The van der Waals surface area contributed by atoms with E-state index in [1.54, 1.807) is 67.8 Å². The molecule has 0 aliphatic rings. The van der Waals surface area contributed by atoms with Crippen molar-refractivity contribution in [2.45, 2.75) is 30.7 Å². The fraction of sp³-hybridized carbons (Fsp3) is 0.160. The molecule has 34 heavy (non-hydrogen) atoms. The van der Waals surface area contributed by atoms with E-state index in [1.807, 2.05) is 12.1 Å². The van der Waals surface area contributed by atoms with E-state index < -0.39 is 9.84 Å². The van der Waals surface area contributed by atoms with Gasteiger partial charge >= 0.3 is 0 Å². The van der Waals surface area contributed by atoms with Crippen molar-refractivity contribution in [2.24, 2.45) is 5.73 Å². The van der Waals surface area contributed by atoms with Gasteiger partial charge in [-0.05, 0) is 66.6 Å². The van der Waals surface area contributed by atoms with Gasteiger partial charge in [-0.15, -0.1) is 0 Å². The second kappa shape index (κ2) is 9.98. The fourth-order valence-corrected chi connectivity index (χ4v) is 4.68. The molecule has 0 saturated heterocycles. The minimum atomic E-state index is -3.60. The average molecular weight is 477 g/mol. The number of aryl methyl sites for hydroxylation is 1. The van der Waals surface area contributed by atoms with Crippen LogP contribution in [0.5, 0.6) is 0 Å². The Kier molecular flexibility index (Phi) is 6.85. The third-order valence-corrected chi connectivity index (χ3v) is 6.98. The van der Waals surface area contributed by atoms with Crippen LogP contribution < -0.4 is 11.1 Å². The molecule has 2 heterocycles. The van der Waals surface area contributed by atoms with Crippen LogP contribution in [-0.4, -0.2) is 24.3 Å². The molecule has 0 spiro atoms. The van der Waals surface area contributed by atoms with Crippen LogP contribution in [0.2, 0.25) is 0 Å². The van der Waals surface area contributed by atoms with Gasteiger partial charge in [-0.2, -0.15) is 0 Å². The molecule has 174 valence electrons. The number of carbonyl (C=O) groups excluding carboxylic acids is 1. The van der Waals surface area contributed by atoms with Crippen LogP contribution in [-0.2, 0) is 28.7 Å². The van der Waals surface area contributed by atoms with Gasteiger partial charge in [-0.3, -0.25) is 9.78 Å². The molecule has 8 nitrogen and oxygen atoms in total. The number of hydrogen-bond acceptors (Lipinski definition) is 7. The van der Waals surface area contributed by atoms with Crippen LogP contribution in [0.4, 0.5) is 0 Å². The molecule has 0 bridgehead atoms. The van der Waals surface area contributed by atoms with Gasteiger partial charge in [0.05, 0.1) is 10.6 Å². The van der Waals surface area contributed by atoms with E-state index >= 15 is 0 Å². The maximum atomic E-state index is 12.8. The lowest BCUT2D eigenvalue weighted by Crippen LogP contribution is -2.22. The molecule has 4 aromatic rings. The third-order valence-electron chi connectivity index (χ3n) is 5.33. The lowest BCUT2D eigenvalue weighted by molar-refractivity contribution is 0.0951. The van der Waals surface area contributed by atoms with Gasteiger partial charge in [0.25, 0.3) is 5.91 Å². The molecule has 3 N–H and O–H groups in total. The van der Waals surface area contributed by atoms with E-state index in [1.165, 1.54) is 0 Å². The van der Waals surface area contributed by atoms with E-state index in [-0.39, 0.29) is 16.6 Å². The smallest absolute Gasteiger partial charge is 0.251 e. The molecule has 0 aliphatic carbocycles. The standard InChI is InChI=1S/C25H24N4O4S/c1-17-23(16-34(31,32)22-8-2-18(14-26)3-9-22)29-25(33-17)21-6-4-20(5-7-21)24(30)28-15-19-10-12-27-13-11-19/h2-13H,14-16,26H2,1H3,(H,28,30). The molecule has 2 aromatic heterocycles. The number of hydrogen-bond donors (Lipinski definition) is 2. The number of nitrogens with one attached hydrogen (secondary N) is 1. The van der Waals surface area contributed by atoms with Crippen molar-refractivity contribution < 1.29 is 17.6 Å². The number of oxazole rings is 1. The van der Waals surface area contributed by atoms with Crippen molar-refractivity contribution in [2.75, 3.05) is 0 Å². The number of benzene rings is 2. The Hall–Kier alpha value is -3.82. The zero-order chi connectivity index (χ0) is 24.1. The van der Waals surface area contributed by atoms with E-state index in [9.17, 15) is 13.2 Å². The van der Waals surface area contributed by atoms with Crippen LogP contribution in [0, 0.1) is 6.92 Å². The molecule has 4 rings (SSSR count). The second-order valence-electron chi connectivity index (χ2n) is 7.74. The molecule has 0 radical (unpaired) electrons. The number of carbonyl (C=O) groups is 1. The highest BCUT2D eigenvalue weighted by atomic mass is 32.2. The lowest BCUT2D eigenvalue weighted by atomic mass is 10.1. The Bertz CT molecular complexity index is 1380. The van der Waals surface area contributed by atoms with E-state index in [4.69, 9.17) is 10.2 Å². The first-order valence-corrected chi connectivity index (χ1v) is 12.3. The van der Waals surface area contributed by atoms with Crippen molar-refractivity contribution in [3.8, 4) is 11.5 Å². The summed E-state index contributed by atoms with van der Waals surface area (Å²) in [5, 5.41) is 2.86. The molecule has 0 saturated carbocycles. The second-order valence-corrected chi connectivity index (χ2v) is 9.73. The predicted molar refractivity (Wildman–Crippen MR) is 127 cm³/mol. The molecule has 0 aliphatic heterocycles. The first kappa shape index (κ1) is 23.3. The summed E-state index contributed by atoms with van der Waals surface area (Å²) in [4.78, 5) is 21.0. The summed E-state index contributed by atoms with van der Waals surface area (Å²) in [5.74, 6) is 0.236. The number of sulfone groups is 1. The minimum Gasteiger partial charge on any atom is -0.441 e. The number of pyridine rings is 1. The van der Waals surface area contributed by atoms with Crippen molar-refractivity contribution in [3.63, 3.8) is 0 Å². The highest BCUT2D eigenvalue weighted by Crippen LogP contribution is 2.25. The van der Waals surface area contributed by atoms with Crippen molar-refractivity contribution in [1.82, 2.24) is 15.3 Å². The zero-order valence-electron chi connectivity index (χ0n) is 18.6. The first-order valence-electron chi connectivity index (χ1n) is 10.6. The van der Waals surface area contributed by atoms with Gasteiger partial charge in [0.2, 0.25) is 5.89 Å². The summed E-state index contributed by atoms with van der Waals surface area (Å²) in [6.07, 6.45) is 3.34. The van der Waals surface area contributed by atoms with E-state index in [0.29, 0.717) is 41.6 Å². The summed E-state index contributed by atoms with van der Waals surface area (Å²) in [5.41, 5.74) is 8.86. The monoisotopic (exact) mass is 476 g/mol. The van der Waals surface area contributed by atoms with Gasteiger partial charge in [-0.25, -0.2) is 13.4 Å². The number of rotatable bonds is 8. The SMILES string of the molecule is Cc1oc(-c2ccc(C(=O)NCc3ccncc3)cc2)nc1CS(=O)(=O)c1ccc(CN)cc1. The van der Waals surface area contributed by atoms with Gasteiger partial charge in [-0.1, -0.05) is 12.1 Å². The van der Waals surface area contributed by atoms with Crippen LogP contribution in [0.25, 0.3) is 11.5 Å². The maximum absolute atomic E-state index is 12.8. The third kappa shape index (κ3) is 5.38. The molecule has 0 unspecified atom stereocenters. The van der Waals surface area contributed by atoms with Crippen LogP contribution in [0.1, 0.15) is 32.9 Å². The maximum Gasteiger partial charge on any atom is 0.251 e. The number of aromatic nitrogens is 2. The summed E-state index contributed by atoms with van der Waals surface area (Å²) in [7, 11) is -3.60. The Morgan fingerprint density at radius 1 is 0.971 bits per heavy atom. The lowest BCUT2D eigenvalue weighted by Gasteiger charge is -2.05. The molecule has 0 atom stereocenters. The number of nitrogens with zero attached hydrogens (tertiary/aromatic N) is 2. The highest BCUT2D eigenvalue weighted by Gasteiger charge is 2.21. The molecule has 0 fully saturated rings. The number of amides is 1. The van der Waals surface area contributed by atoms with E-state index in [0.717, 1.165) is 11.1 Å². The topological polar surface area (TPSA) is 128 Å². The summed E-state index contributed by atoms with van der Waals surface area (Å²) >= 11 is 0. The Balaban J connectivity index is 1.45. The van der Waals surface area contributed by atoms with Gasteiger partial charge in [0.15, 0.2) is 9.84 Å². The zero-order valence-corrected chi connectivity index (χ0v) is 19.4. The number of nitrogens with two attached hydrogens (primary N) is 1. The normalized spacial score (nSPS) is 11.4.